The maximum absolute atomic E-state index is 12.4. The lowest BCUT2D eigenvalue weighted by Gasteiger charge is -2.29. The van der Waals surface area contributed by atoms with Crippen molar-refractivity contribution >= 4 is 11.9 Å². The highest BCUT2D eigenvalue weighted by Gasteiger charge is 2.24. The average molecular weight is 354 g/mol. The zero-order valence-corrected chi connectivity index (χ0v) is 14.6. The number of aliphatic hydroxyl groups is 1. The Bertz CT molecular complexity index is 789. The van der Waals surface area contributed by atoms with E-state index in [1.165, 1.54) is 7.11 Å². The van der Waals surface area contributed by atoms with Gasteiger partial charge in [0.1, 0.15) is 0 Å². The van der Waals surface area contributed by atoms with E-state index in [9.17, 15) is 14.7 Å². The van der Waals surface area contributed by atoms with Gasteiger partial charge in [0.2, 0.25) is 0 Å². The molecule has 1 aliphatic rings. The number of ether oxygens (including phenoxy) is 1. The molecule has 6 heteroatoms. The van der Waals surface area contributed by atoms with Crippen LogP contribution in [0.4, 0.5) is 0 Å². The highest BCUT2D eigenvalue weighted by molar-refractivity contribution is 5.95. The van der Waals surface area contributed by atoms with Gasteiger partial charge in [0, 0.05) is 12.1 Å². The first-order valence-corrected chi connectivity index (χ1v) is 8.57. The SMILES string of the molecule is COC(=O)c1cccc(-c2ccc(C(=O)N[C@@H]3CCNC[C@H]3O)cc2)c1. The number of carbonyl (C=O) groups is 2. The van der Waals surface area contributed by atoms with Crippen molar-refractivity contribution in [1.82, 2.24) is 10.6 Å². The van der Waals surface area contributed by atoms with E-state index in [4.69, 9.17) is 4.74 Å². The molecule has 1 aliphatic heterocycles. The van der Waals surface area contributed by atoms with Gasteiger partial charge in [-0.2, -0.15) is 0 Å². The lowest BCUT2D eigenvalue weighted by atomic mass is 10.0. The molecule has 0 aliphatic carbocycles. The summed E-state index contributed by atoms with van der Waals surface area (Å²) in [4.78, 5) is 24.0. The molecule has 0 radical (unpaired) electrons. The quantitative estimate of drug-likeness (QED) is 0.726. The van der Waals surface area contributed by atoms with Crippen molar-refractivity contribution < 1.29 is 19.4 Å². The molecular formula is C20H22N2O4. The minimum Gasteiger partial charge on any atom is -0.465 e. The molecule has 2 atom stereocenters. The third-order valence-electron chi connectivity index (χ3n) is 4.53. The van der Waals surface area contributed by atoms with Gasteiger partial charge in [-0.25, -0.2) is 4.79 Å². The van der Waals surface area contributed by atoms with E-state index in [-0.39, 0.29) is 17.9 Å². The van der Waals surface area contributed by atoms with E-state index in [0.29, 0.717) is 24.1 Å². The monoisotopic (exact) mass is 354 g/mol. The zero-order valence-electron chi connectivity index (χ0n) is 14.6. The van der Waals surface area contributed by atoms with Crippen molar-refractivity contribution in [3.05, 3.63) is 59.7 Å². The van der Waals surface area contributed by atoms with E-state index in [1.807, 2.05) is 18.2 Å². The summed E-state index contributed by atoms with van der Waals surface area (Å²) in [7, 11) is 1.35. The van der Waals surface area contributed by atoms with Gasteiger partial charge >= 0.3 is 5.97 Å². The van der Waals surface area contributed by atoms with Gasteiger partial charge < -0.3 is 20.5 Å². The maximum atomic E-state index is 12.4. The zero-order chi connectivity index (χ0) is 18.5. The number of hydrogen-bond acceptors (Lipinski definition) is 5. The Kier molecular flexibility index (Phi) is 5.65. The number of nitrogens with one attached hydrogen (secondary N) is 2. The van der Waals surface area contributed by atoms with Gasteiger partial charge in [-0.05, 0) is 48.4 Å². The Hall–Kier alpha value is -2.70. The van der Waals surface area contributed by atoms with Crippen LogP contribution in [0.5, 0.6) is 0 Å². The Labute approximate surface area is 152 Å². The molecule has 1 fully saturated rings. The summed E-state index contributed by atoms with van der Waals surface area (Å²) in [5.41, 5.74) is 2.78. The summed E-state index contributed by atoms with van der Waals surface area (Å²) in [5, 5.41) is 15.9. The largest absolute Gasteiger partial charge is 0.465 e. The van der Waals surface area contributed by atoms with Gasteiger partial charge in [0.05, 0.1) is 24.8 Å². The fourth-order valence-electron chi connectivity index (χ4n) is 3.02. The topological polar surface area (TPSA) is 87.7 Å². The number of methoxy groups -OCH3 is 1. The van der Waals surface area contributed by atoms with Crippen LogP contribution in [0, 0.1) is 0 Å². The van der Waals surface area contributed by atoms with Crippen LogP contribution >= 0.6 is 0 Å². The number of benzene rings is 2. The molecule has 3 N–H and O–H groups in total. The second kappa shape index (κ2) is 8.12. The summed E-state index contributed by atoms with van der Waals surface area (Å²) in [6.45, 7) is 1.26. The highest BCUT2D eigenvalue weighted by atomic mass is 16.5. The number of β-amino-alcohol motifs (C(OH)–C–C–N with tert-alkyl or cyclic N) is 1. The maximum Gasteiger partial charge on any atom is 0.337 e. The fourth-order valence-corrected chi connectivity index (χ4v) is 3.02. The smallest absolute Gasteiger partial charge is 0.337 e. The van der Waals surface area contributed by atoms with Crippen LogP contribution in [0.25, 0.3) is 11.1 Å². The van der Waals surface area contributed by atoms with Crippen LogP contribution in [0.3, 0.4) is 0 Å². The first-order valence-electron chi connectivity index (χ1n) is 8.57. The molecule has 6 nitrogen and oxygen atoms in total. The van der Waals surface area contributed by atoms with Crippen LogP contribution in [-0.4, -0.2) is 49.3 Å². The number of rotatable bonds is 4. The van der Waals surface area contributed by atoms with Gasteiger partial charge in [0.15, 0.2) is 0 Å². The van der Waals surface area contributed by atoms with Crippen LogP contribution in [0.2, 0.25) is 0 Å². The predicted octanol–water partition coefficient (Wildman–Crippen LogP) is 1.59. The van der Waals surface area contributed by atoms with E-state index in [2.05, 4.69) is 10.6 Å². The van der Waals surface area contributed by atoms with Gasteiger partial charge in [-0.1, -0.05) is 24.3 Å². The van der Waals surface area contributed by atoms with E-state index in [0.717, 1.165) is 17.7 Å². The second-order valence-corrected chi connectivity index (χ2v) is 6.29. The summed E-state index contributed by atoms with van der Waals surface area (Å²) in [6, 6.07) is 14.1. The van der Waals surface area contributed by atoms with Crippen molar-refractivity contribution in [2.45, 2.75) is 18.6 Å². The normalized spacial score (nSPS) is 19.6. The Balaban J connectivity index is 1.72. The molecule has 3 rings (SSSR count). The van der Waals surface area contributed by atoms with Gasteiger partial charge in [-0.3, -0.25) is 4.79 Å². The van der Waals surface area contributed by atoms with Crippen molar-refractivity contribution in [2.24, 2.45) is 0 Å². The number of esters is 1. The summed E-state index contributed by atoms with van der Waals surface area (Å²) in [5.74, 6) is -0.589. The molecule has 0 saturated carbocycles. The molecule has 0 aromatic heterocycles. The third kappa shape index (κ3) is 4.09. The van der Waals surface area contributed by atoms with Crippen molar-refractivity contribution in [2.75, 3.05) is 20.2 Å². The summed E-state index contributed by atoms with van der Waals surface area (Å²) in [6.07, 6.45) is 0.124. The number of aliphatic hydroxyl groups excluding tert-OH is 1. The van der Waals surface area contributed by atoms with E-state index in [1.54, 1.807) is 30.3 Å². The average Bonchev–Trinajstić information content (AvgIpc) is 2.69. The minimum absolute atomic E-state index is 0.203. The first-order chi connectivity index (χ1) is 12.6. The molecule has 1 saturated heterocycles. The Morgan fingerprint density at radius 1 is 1.12 bits per heavy atom. The molecule has 2 aromatic carbocycles. The molecule has 26 heavy (non-hydrogen) atoms. The molecular weight excluding hydrogens is 332 g/mol. The van der Waals surface area contributed by atoms with Crippen LogP contribution in [0.1, 0.15) is 27.1 Å². The van der Waals surface area contributed by atoms with Crippen LogP contribution < -0.4 is 10.6 Å². The molecule has 1 amide bonds. The Morgan fingerprint density at radius 2 is 1.88 bits per heavy atom. The number of amides is 1. The van der Waals surface area contributed by atoms with Crippen LogP contribution in [0.15, 0.2) is 48.5 Å². The highest BCUT2D eigenvalue weighted by Crippen LogP contribution is 2.21. The molecule has 1 heterocycles. The number of carbonyl (C=O) groups excluding carboxylic acids is 2. The summed E-state index contributed by atoms with van der Waals surface area (Å²) >= 11 is 0. The van der Waals surface area contributed by atoms with E-state index < -0.39 is 6.10 Å². The lowest BCUT2D eigenvalue weighted by molar-refractivity contribution is 0.0600. The molecule has 0 bridgehead atoms. The van der Waals surface area contributed by atoms with Crippen LogP contribution in [-0.2, 0) is 4.74 Å². The molecule has 0 spiro atoms. The third-order valence-corrected chi connectivity index (χ3v) is 4.53. The molecule has 136 valence electrons. The first kappa shape index (κ1) is 18.1. The van der Waals surface area contributed by atoms with Gasteiger partial charge in [-0.15, -0.1) is 0 Å². The number of hydrogen-bond donors (Lipinski definition) is 3. The molecule has 2 aromatic rings. The fraction of sp³-hybridized carbons (Fsp3) is 0.300. The lowest BCUT2D eigenvalue weighted by Crippen LogP contribution is -2.52. The van der Waals surface area contributed by atoms with Crippen molar-refractivity contribution in [1.29, 1.82) is 0 Å². The van der Waals surface area contributed by atoms with Gasteiger partial charge in [0.25, 0.3) is 5.91 Å². The minimum atomic E-state index is -0.576. The number of piperidine rings is 1. The van der Waals surface area contributed by atoms with Crippen molar-refractivity contribution in [3.63, 3.8) is 0 Å². The standard InChI is InChI=1S/C20H22N2O4/c1-26-20(25)16-4-2-3-15(11-16)13-5-7-14(8-6-13)19(24)22-17-9-10-21-12-18(17)23/h2-8,11,17-18,21,23H,9-10,12H2,1H3,(H,22,24)/t17-,18-/m1/s1. The predicted molar refractivity (Wildman–Crippen MR) is 98.0 cm³/mol. The van der Waals surface area contributed by atoms with E-state index >= 15 is 0 Å². The second-order valence-electron chi connectivity index (χ2n) is 6.29. The molecule has 0 unspecified atom stereocenters. The Morgan fingerprint density at radius 3 is 2.58 bits per heavy atom. The van der Waals surface area contributed by atoms with Crippen molar-refractivity contribution in [3.8, 4) is 11.1 Å². The summed E-state index contributed by atoms with van der Waals surface area (Å²) < 4.78 is 4.74.